The summed E-state index contributed by atoms with van der Waals surface area (Å²) in [5.74, 6) is 1.08. The summed E-state index contributed by atoms with van der Waals surface area (Å²) in [6.07, 6.45) is 3.33. The number of aromatic nitrogens is 1. The van der Waals surface area contributed by atoms with Crippen molar-refractivity contribution >= 4 is 22.3 Å². The maximum atomic E-state index is 11.0. The van der Waals surface area contributed by atoms with Crippen LogP contribution in [0.15, 0.2) is 18.3 Å². The van der Waals surface area contributed by atoms with Gasteiger partial charge in [-0.25, -0.2) is 4.98 Å². The molecule has 14 heavy (non-hydrogen) atoms. The van der Waals surface area contributed by atoms with Crippen molar-refractivity contribution in [2.45, 2.75) is 13.0 Å². The largest absolute Gasteiger partial charge is 0.382 e. The lowest BCUT2D eigenvalue weighted by molar-refractivity contribution is 0.683. The maximum Gasteiger partial charge on any atom is 0.146 e. The lowest BCUT2D eigenvalue weighted by Crippen LogP contribution is -2.22. The highest BCUT2D eigenvalue weighted by molar-refractivity contribution is 7.84. The summed E-state index contributed by atoms with van der Waals surface area (Å²) in [4.78, 5) is 3.95. The van der Waals surface area contributed by atoms with Gasteiger partial charge in [0.25, 0.3) is 0 Å². The Labute approximate surface area is 86.4 Å². The minimum atomic E-state index is -0.800. The van der Waals surface area contributed by atoms with E-state index in [2.05, 4.69) is 10.3 Å². The van der Waals surface area contributed by atoms with Crippen molar-refractivity contribution in [2.24, 2.45) is 0 Å². The van der Waals surface area contributed by atoms with E-state index in [0.717, 1.165) is 5.69 Å². The van der Waals surface area contributed by atoms with Crippen LogP contribution in [0.5, 0.6) is 0 Å². The number of pyridine rings is 1. The standard InChI is InChI=1S/C9H15N3OS/c1-7(6-14(2)13)12-8-4-3-5-11-9(8)10/h3-5,7,12H,6H2,1-2H3,(H2,10,11). The molecule has 1 aromatic rings. The van der Waals surface area contributed by atoms with E-state index in [9.17, 15) is 4.21 Å². The number of nitrogens with two attached hydrogens (primary N) is 1. The summed E-state index contributed by atoms with van der Waals surface area (Å²) < 4.78 is 11.0. The van der Waals surface area contributed by atoms with Crippen LogP contribution in [-0.2, 0) is 10.8 Å². The van der Waals surface area contributed by atoms with Crippen LogP contribution in [0.1, 0.15) is 6.92 Å². The number of nitrogen functional groups attached to an aromatic ring is 1. The van der Waals surface area contributed by atoms with Crippen LogP contribution in [-0.4, -0.2) is 27.2 Å². The third-order valence-electron chi connectivity index (χ3n) is 1.73. The highest BCUT2D eigenvalue weighted by Gasteiger charge is 2.06. The van der Waals surface area contributed by atoms with Gasteiger partial charge in [-0.2, -0.15) is 0 Å². The van der Waals surface area contributed by atoms with Gasteiger partial charge in [0.15, 0.2) is 0 Å². The molecule has 0 saturated carbocycles. The topological polar surface area (TPSA) is 68.0 Å². The van der Waals surface area contributed by atoms with E-state index in [1.54, 1.807) is 12.5 Å². The molecule has 4 nitrogen and oxygen atoms in total. The molecule has 0 spiro atoms. The molecular formula is C9H15N3OS. The molecule has 1 heterocycles. The second-order valence-electron chi connectivity index (χ2n) is 3.22. The van der Waals surface area contributed by atoms with Crippen LogP contribution in [0.3, 0.4) is 0 Å². The average Bonchev–Trinajstić information content (AvgIpc) is 2.07. The van der Waals surface area contributed by atoms with Crippen LogP contribution in [0, 0.1) is 0 Å². The van der Waals surface area contributed by atoms with E-state index in [4.69, 9.17) is 5.73 Å². The van der Waals surface area contributed by atoms with Gasteiger partial charge in [-0.15, -0.1) is 0 Å². The Morgan fingerprint density at radius 2 is 2.43 bits per heavy atom. The van der Waals surface area contributed by atoms with E-state index in [-0.39, 0.29) is 6.04 Å². The number of hydrogen-bond acceptors (Lipinski definition) is 4. The highest BCUT2D eigenvalue weighted by Crippen LogP contribution is 2.14. The second-order valence-corrected chi connectivity index (χ2v) is 4.70. The lowest BCUT2D eigenvalue weighted by Gasteiger charge is -2.14. The zero-order valence-electron chi connectivity index (χ0n) is 8.36. The molecule has 3 N–H and O–H groups in total. The van der Waals surface area contributed by atoms with Gasteiger partial charge in [-0.1, -0.05) is 0 Å². The molecular weight excluding hydrogens is 198 g/mol. The SMILES string of the molecule is CC(CS(C)=O)Nc1cccnc1N. The molecule has 0 fully saturated rings. The van der Waals surface area contributed by atoms with Crippen LogP contribution in [0.4, 0.5) is 11.5 Å². The number of nitrogens with one attached hydrogen (secondary N) is 1. The highest BCUT2D eigenvalue weighted by atomic mass is 32.2. The average molecular weight is 213 g/mol. The number of nitrogens with zero attached hydrogens (tertiary/aromatic N) is 1. The maximum absolute atomic E-state index is 11.0. The molecule has 0 aliphatic carbocycles. The second kappa shape index (κ2) is 4.95. The van der Waals surface area contributed by atoms with Gasteiger partial charge in [0.05, 0.1) is 5.69 Å². The smallest absolute Gasteiger partial charge is 0.146 e. The lowest BCUT2D eigenvalue weighted by atomic mass is 10.3. The molecule has 0 bridgehead atoms. The normalized spacial score (nSPS) is 14.7. The van der Waals surface area contributed by atoms with E-state index in [0.29, 0.717) is 11.6 Å². The Morgan fingerprint density at radius 3 is 3.00 bits per heavy atom. The monoisotopic (exact) mass is 213 g/mol. The third kappa shape index (κ3) is 3.33. The Bertz CT molecular complexity index is 330. The van der Waals surface area contributed by atoms with Crippen LogP contribution >= 0.6 is 0 Å². The number of anilines is 2. The van der Waals surface area contributed by atoms with Crippen LogP contribution in [0.25, 0.3) is 0 Å². The fraction of sp³-hybridized carbons (Fsp3) is 0.444. The van der Waals surface area contributed by atoms with Gasteiger partial charge in [-0.3, -0.25) is 4.21 Å². The number of rotatable bonds is 4. The van der Waals surface area contributed by atoms with Gasteiger partial charge in [0.2, 0.25) is 0 Å². The predicted molar refractivity (Wildman–Crippen MR) is 60.7 cm³/mol. The summed E-state index contributed by atoms with van der Waals surface area (Å²) in [5, 5.41) is 3.16. The van der Waals surface area contributed by atoms with Crippen molar-refractivity contribution in [3.8, 4) is 0 Å². The zero-order valence-corrected chi connectivity index (χ0v) is 9.17. The van der Waals surface area contributed by atoms with Crippen molar-refractivity contribution < 1.29 is 4.21 Å². The van der Waals surface area contributed by atoms with E-state index in [1.165, 1.54) is 0 Å². The minimum Gasteiger partial charge on any atom is -0.382 e. The summed E-state index contributed by atoms with van der Waals surface area (Å²) in [6.45, 7) is 1.97. The third-order valence-corrected chi connectivity index (χ3v) is 2.69. The summed E-state index contributed by atoms with van der Waals surface area (Å²) in [7, 11) is -0.800. The van der Waals surface area contributed by atoms with Crippen molar-refractivity contribution in [2.75, 3.05) is 23.1 Å². The first-order chi connectivity index (χ1) is 6.59. The van der Waals surface area contributed by atoms with Crippen molar-refractivity contribution in [3.63, 3.8) is 0 Å². The van der Waals surface area contributed by atoms with Crippen molar-refractivity contribution in [1.82, 2.24) is 4.98 Å². The molecule has 0 amide bonds. The van der Waals surface area contributed by atoms with E-state index < -0.39 is 10.8 Å². The Hall–Kier alpha value is -1.10. The van der Waals surface area contributed by atoms with Crippen LogP contribution < -0.4 is 11.1 Å². The Kier molecular flexibility index (Phi) is 3.88. The molecule has 0 aliphatic heterocycles. The molecule has 2 atom stereocenters. The summed E-state index contributed by atoms with van der Waals surface area (Å²) in [5.41, 5.74) is 6.45. The molecule has 0 aliphatic rings. The summed E-state index contributed by atoms with van der Waals surface area (Å²) in [6, 6.07) is 3.80. The molecule has 1 rings (SSSR count). The fourth-order valence-corrected chi connectivity index (χ4v) is 1.99. The molecule has 0 radical (unpaired) electrons. The first-order valence-corrected chi connectivity index (χ1v) is 6.09. The fourth-order valence-electron chi connectivity index (χ4n) is 1.20. The first-order valence-electron chi connectivity index (χ1n) is 4.36. The Balaban J connectivity index is 2.60. The van der Waals surface area contributed by atoms with Gasteiger partial charge >= 0.3 is 0 Å². The van der Waals surface area contributed by atoms with Crippen molar-refractivity contribution in [3.05, 3.63) is 18.3 Å². The molecule has 78 valence electrons. The van der Waals surface area contributed by atoms with Gasteiger partial charge in [0, 0.05) is 35.0 Å². The van der Waals surface area contributed by atoms with E-state index in [1.807, 2.05) is 19.1 Å². The zero-order chi connectivity index (χ0) is 10.6. The van der Waals surface area contributed by atoms with Gasteiger partial charge in [0.1, 0.15) is 5.82 Å². The van der Waals surface area contributed by atoms with Crippen molar-refractivity contribution in [1.29, 1.82) is 0 Å². The molecule has 2 unspecified atom stereocenters. The molecule has 1 aromatic heterocycles. The van der Waals surface area contributed by atoms with Gasteiger partial charge in [-0.05, 0) is 19.1 Å². The van der Waals surface area contributed by atoms with E-state index >= 15 is 0 Å². The van der Waals surface area contributed by atoms with Crippen LogP contribution in [0.2, 0.25) is 0 Å². The molecule has 5 heteroatoms. The Morgan fingerprint density at radius 1 is 1.71 bits per heavy atom. The summed E-state index contributed by atoms with van der Waals surface area (Å²) >= 11 is 0. The van der Waals surface area contributed by atoms with Gasteiger partial charge < -0.3 is 11.1 Å². The molecule has 0 saturated heterocycles. The quantitative estimate of drug-likeness (QED) is 0.778. The molecule has 0 aromatic carbocycles. The first kappa shape index (κ1) is 11.0. The number of hydrogen-bond donors (Lipinski definition) is 2. The predicted octanol–water partition coefficient (Wildman–Crippen LogP) is 0.843. The minimum absolute atomic E-state index is 0.132.